The maximum Gasteiger partial charge on any atom is 0.352 e. The number of hydrogen-bond acceptors (Lipinski definition) is 4. The second kappa shape index (κ2) is 4.56. The minimum atomic E-state index is -2.31. The maximum absolute atomic E-state index is 11.9. The minimum Gasteiger partial charge on any atom is -0.478 e. The fourth-order valence-corrected chi connectivity index (χ4v) is 4.30. The van der Waals surface area contributed by atoms with Gasteiger partial charge in [-0.15, -0.1) is 11.8 Å². The Balaban J connectivity index is 2.46. The Kier molecular flexibility index (Phi) is 3.65. The van der Waals surface area contributed by atoms with Gasteiger partial charge < -0.3 is 10.4 Å². The Morgan fingerprint density at radius 1 is 1.45 bits per heavy atom. The van der Waals surface area contributed by atoms with Gasteiger partial charge in [-0.25, -0.2) is 4.79 Å². The molecule has 2 amide bonds. The number of fused-ring (bicyclic) bond motifs is 1. The molecule has 0 unspecified atom stereocenters. The van der Waals surface area contributed by atoms with E-state index in [1.54, 1.807) is 13.8 Å². The molecule has 0 aromatic carbocycles. The van der Waals surface area contributed by atoms with Gasteiger partial charge in [0, 0.05) is 0 Å². The molecule has 0 aromatic rings. The third kappa shape index (κ3) is 2.06. The van der Waals surface area contributed by atoms with E-state index in [-0.39, 0.29) is 17.7 Å². The lowest BCUT2D eigenvalue weighted by atomic mass is 9.90. The molecular weight excluding hydrogens is 351 g/mol. The number of carbonyl (C=O) groups excluding carboxylic acids is 2. The average Bonchev–Trinajstić information content (AvgIpc) is 2.41. The number of carboxylic acid groups (broad SMARTS) is 1. The molecular formula is C10H11Cl3N2O4S. The lowest BCUT2D eigenvalue weighted by Gasteiger charge is -2.46. The first-order valence-corrected chi connectivity index (χ1v) is 7.57. The van der Waals surface area contributed by atoms with Crippen LogP contribution in [0.3, 0.4) is 0 Å². The van der Waals surface area contributed by atoms with Crippen LogP contribution >= 0.6 is 46.6 Å². The van der Waals surface area contributed by atoms with Gasteiger partial charge in [0.05, 0.1) is 16.5 Å². The Morgan fingerprint density at radius 3 is 2.40 bits per heavy atom. The van der Waals surface area contributed by atoms with Gasteiger partial charge in [0.1, 0.15) is 0 Å². The first kappa shape index (κ1) is 16.0. The molecule has 2 aliphatic rings. The summed E-state index contributed by atoms with van der Waals surface area (Å²) in [7, 11) is 0. The number of alkyl halides is 3. The Hall–Kier alpha value is -0.370. The van der Waals surface area contributed by atoms with Crippen LogP contribution in [0, 0.1) is 0 Å². The molecule has 2 saturated heterocycles. The highest BCUT2D eigenvalue weighted by Gasteiger charge is 2.70. The molecule has 2 rings (SSSR count). The molecule has 112 valence electrons. The van der Waals surface area contributed by atoms with Crippen molar-refractivity contribution in [2.75, 3.05) is 0 Å². The summed E-state index contributed by atoms with van der Waals surface area (Å²) in [5.74, 6) is -2.81. The predicted octanol–water partition coefficient (Wildman–Crippen LogP) is 1.34. The summed E-state index contributed by atoms with van der Waals surface area (Å²) in [6.07, 6.45) is 0.229. The fourth-order valence-electron chi connectivity index (χ4n) is 2.46. The second-order valence-corrected chi connectivity index (χ2v) is 9.10. The standard InChI is InChI=1S/C10H11Cl3N2O4S/c1-8(2)9(7(18)19,14-6(17)10(11,12)13)15-4(16)3-5(15)20-8/h5H,3H2,1-2H3,(H,14,17)(H,18,19)/t5-,9+/m1/s1. The van der Waals surface area contributed by atoms with E-state index in [0.717, 1.165) is 4.90 Å². The minimum absolute atomic E-state index is 0.229. The van der Waals surface area contributed by atoms with Crippen molar-refractivity contribution in [2.45, 2.75) is 39.8 Å². The van der Waals surface area contributed by atoms with Gasteiger partial charge in [0.2, 0.25) is 11.6 Å². The molecule has 6 nitrogen and oxygen atoms in total. The highest BCUT2D eigenvalue weighted by molar-refractivity contribution is 8.01. The van der Waals surface area contributed by atoms with Crippen molar-refractivity contribution in [3.63, 3.8) is 0 Å². The van der Waals surface area contributed by atoms with Crippen LogP contribution in [0.1, 0.15) is 20.3 Å². The lowest BCUT2D eigenvalue weighted by molar-refractivity contribution is -0.173. The Bertz CT molecular complexity index is 507. The first-order valence-electron chi connectivity index (χ1n) is 5.56. The number of carboxylic acids is 1. The number of rotatable bonds is 2. The van der Waals surface area contributed by atoms with Gasteiger partial charge in [-0.2, -0.15) is 0 Å². The van der Waals surface area contributed by atoms with Crippen molar-refractivity contribution in [1.29, 1.82) is 0 Å². The molecule has 0 aliphatic carbocycles. The van der Waals surface area contributed by atoms with Crippen molar-refractivity contribution >= 4 is 64.3 Å². The zero-order chi connectivity index (χ0) is 15.5. The Labute approximate surface area is 134 Å². The van der Waals surface area contributed by atoms with E-state index in [2.05, 4.69) is 5.32 Å². The molecule has 2 heterocycles. The van der Waals surface area contributed by atoms with Crippen LogP contribution in [0.2, 0.25) is 0 Å². The van der Waals surface area contributed by atoms with Gasteiger partial charge in [-0.3, -0.25) is 14.5 Å². The summed E-state index contributed by atoms with van der Waals surface area (Å²) in [4.78, 5) is 36.6. The summed E-state index contributed by atoms with van der Waals surface area (Å²) < 4.78 is -3.28. The smallest absolute Gasteiger partial charge is 0.352 e. The van der Waals surface area contributed by atoms with Gasteiger partial charge in [-0.05, 0) is 13.8 Å². The average molecular weight is 362 g/mol. The van der Waals surface area contributed by atoms with E-state index in [1.807, 2.05) is 0 Å². The van der Waals surface area contributed by atoms with Crippen LogP contribution < -0.4 is 5.32 Å². The van der Waals surface area contributed by atoms with E-state index in [1.165, 1.54) is 11.8 Å². The second-order valence-electron chi connectivity index (χ2n) is 5.02. The molecule has 10 heteroatoms. The van der Waals surface area contributed by atoms with E-state index < -0.39 is 26.1 Å². The van der Waals surface area contributed by atoms with Gasteiger partial charge >= 0.3 is 5.97 Å². The molecule has 2 aliphatic heterocycles. The van der Waals surface area contributed by atoms with Crippen molar-refractivity contribution in [2.24, 2.45) is 0 Å². The predicted molar refractivity (Wildman–Crippen MR) is 75.7 cm³/mol. The normalized spacial score (nSPS) is 31.6. The molecule has 0 bridgehead atoms. The van der Waals surface area contributed by atoms with Crippen LogP contribution in [0.5, 0.6) is 0 Å². The highest BCUT2D eigenvalue weighted by Crippen LogP contribution is 2.55. The number of nitrogens with one attached hydrogen (secondary N) is 1. The molecule has 0 saturated carbocycles. The number of aliphatic carboxylic acids is 1. The monoisotopic (exact) mass is 360 g/mol. The van der Waals surface area contributed by atoms with Crippen molar-refractivity contribution in [3.05, 3.63) is 0 Å². The SMILES string of the molecule is CC1(C)S[C@@H]2CC(=O)N2[C@@]1(NC(=O)C(Cl)(Cl)Cl)C(=O)O. The topological polar surface area (TPSA) is 86.7 Å². The summed E-state index contributed by atoms with van der Waals surface area (Å²) in [6.45, 7) is 3.24. The number of amides is 2. The Morgan fingerprint density at radius 2 is 2.00 bits per heavy atom. The van der Waals surface area contributed by atoms with E-state index in [0.29, 0.717) is 0 Å². The van der Waals surface area contributed by atoms with Crippen LogP contribution in [0.25, 0.3) is 0 Å². The zero-order valence-corrected chi connectivity index (χ0v) is 13.5. The highest BCUT2D eigenvalue weighted by atomic mass is 35.6. The first-order chi connectivity index (χ1) is 8.93. The van der Waals surface area contributed by atoms with Crippen molar-refractivity contribution in [3.8, 4) is 0 Å². The quantitative estimate of drug-likeness (QED) is 0.572. The number of halogens is 3. The van der Waals surface area contributed by atoms with Crippen LogP contribution in [-0.4, -0.2) is 47.4 Å². The van der Waals surface area contributed by atoms with E-state index >= 15 is 0 Å². The van der Waals surface area contributed by atoms with E-state index in [9.17, 15) is 19.5 Å². The number of hydrogen-bond donors (Lipinski definition) is 2. The van der Waals surface area contributed by atoms with Crippen LogP contribution in [-0.2, 0) is 14.4 Å². The number of thioether (sulfide) groups is 1. The zero-order valence-electron chi connectivity index (χ0n) is 10.4. The summed E-state index contributed by atoms with van der Waals surface area (Å²) in [5, 5.41) is 11.5. The van der Waals surface area contributed by atoms with Crippen molar-refractivity contribution < 1.29 is 19.5 Å². The van der Waals surface area contributed by atoms with Crippen LogP contribution in [0.15, 0.2) is 0 Å². The number of carbonyl (C=O) groups is 3. The van der Waals surface area contributed by atoms with E-state index in [4.69, 9.17) is 34.8 Å². The molecule has 0 radical (unpaired) electrons. The molecule has 0 aromatic heterocycles. The molecule has 20 heavy (non-hydrogen) atoms. The molecule has 0 spiro atoms. The lowest BCUT2D eigenvalue weighted by Crippen LogP contribution is -2.75. The molecule has 2 N–H and O–H groups in total. The van der Waals surface area contributed by atoms with Gasteiger partial charge in [-0.1, -0.05) is 34.8 Å². The third-order valence-corrected chi connectivity index (χ3v) is 5.48. The maximum atomic E-state index is 11.9. The van der Waals surface area contributed by atoms with Gasteiger partial charge in [0.25, 0.3) is 9.70 Å². The van der Waals surface area contributed by atoms with Crippen LogP contribution in [0.4, 0.5) is 0 Å². The summed E-state index contributed by atoms with van der Waals surface area (Å²) in [6, 6.07) is 0. The van der Waals surface area contributed by atoms with Gasteiger partial charge in [0.15, 0.2) is 0 Å². The summed E-state index contributed by atoms with van der Waals surface area (Å²) in [5.41, 5.74) is -1.93. The number of β-lactam (4-membered cyclic amide) rings is 1. The third-order valence-electron chi connectivity index (χ3n) is 3.43. The largest absolute Gasteiger partial charge is 0.478 e. The molecule has 2 fully saturated rings. The fraction of sp³-hybridized carbons (Fsp3) is 0.700. The van der Waals surface area contributed by atoms with Crippen molar-refractivity contribution in [1.82, 2.24) is 10.2 Å². The summed E-state index contributed by atoms with van der Waals surface area (Å²) >= 11 is 17.7. The number of nitrogens with zero attached hydrogens (tertiary/aromatic N) is 1. The molecule has 2 atom stereocenters.